The number of halogens is 24. The Morgan fingerprint density at radius 1 is 0.363 bits per heavy atom. The maximum absolute atomic E-state index is 13.6. The Morgan fingerprint density at radius 3 is 1.01 bits per heavy atom. The Kier molecular flexibility index (Phi) is 35.7. The standard InChI is InChI=1S/C19H13F5NO2.C18H13F5NO2.C15H24F2N.2C14H13F5NO2.C14H22F2N.C13H22N/c20-18(21,10-25)17(19(22,23)24)27-16(26)15-13-7-3-1-5-11(13)9-12-6-2-4-8-14(12)15;19-17(20,9-24)16(18(21,22)23)26-15(25)14-12-7-3-1-5-10(12)11-6-2-4-8-13(11)14;1-2-15(16,17)10-18-9-14-6-11-3-12(7-14)5-13(4-11)8-14;15-13(16,7-20)12(14(17,18)19)22-11(21)10-5-8-3-1-2-4-9(8)6-10;15-13(16,7-20)12(14(17,18)19)22-11(21)10-6-5-8-3-1-2-4-9(8)10;1-13(15,16)8-17-9-14-5-10-2-11(6-14)4-12(3-10)7-14;1-2-14-9-13-6-10-3-11(7-13)5-12(4-10)8-13/h1-9,17,25H,10H2;1-8,14,16,24H,9H2;11-13H,2-10H2,1H3;2*1-4,10,12,20H,5-7H2;10-12H,2-9H2,1H3;10-12H,2-9H2,1H3/q7*-1. The summed E-state index contributed by atoms with van der Waals surface area (Å²) in [7, 11) is 0. The van der Waals surface area contributed by atoms with Gasteiger partial charge >= 0.3 is 48.6 Å². The van der Waals surface area contributed by atoms with E-state index in [9.17, 15) is 125 Å². The number of carbonyl (C=O) groups is 4. The van der Waals surface area contributed by atoms with Crippen LogP contribution in [0.15, 0.2) is 152 Å². The minimum Gasteiger partial charge on any atom is -0.672 e. The van der Waals surface area contributed by atoms with E-state index >= 15 is 0 Å². The number of fused-ring (bicyclic) bond motifs is 7. The van der Waals surface area contributed by atoms with E-state index in [2.05, 4.69) is 41.8 Å². The summed E-state index contributed by atoms with van der Waals surface area (Å²) in [6, 6.07) is 41.2. The molecule has 0 saturated heterocycles. The van der Waals surface area contributed by atoms with Gasteiger partial charge in [0, 0.05) is 6.42 Å². The molecule has 0 spiro atoms. The summed E-state index contributed by atoms with van der Waals surface area (Å²) >= 11 is 0. The quantitative estimate of drug-likeness (QED) is 0.0197. The number of carbonyl (C=O) groups excluding carboxylic acids is 4. The zero-order valence-electron chi connectivity index (χ0n) is 80.7. The maximum Gasteiger partial charge on any atom is 0.431 e. The summed E-state index contributed by atoms with van der Waals surface area (Å²) in [5.74, 6) is -23.4. The molecule has 0 aromatic heterocycles. The van der Waals surface area contributed by atoms with E-state index in [0.717, 1.165) is 83.4 Å². The molecule has 7 aromatic rings. The average molecular weight is 2090 g/mol. The molecule has 22 rings (SSSR count). The van der Waals surface area contributed by atoms with Crippen molar-refractivity contribution < 1.29 is 143 Å². The van der Waals surface area contributed by atoms with Crippen molar-refractivity contribution in [1.82, 2.24) is 0 Å². The highest BCUT2D eigenvalue weighted by Gasteiger charge is 2.62. The third kappa shape index (κ3) is 27.8. The number of ether oxygens (including phenoxy) is 4. The Bertz CT molecular complexity index is 5360. The van der Waals surface area contributed by atoms with Gasteiger partial charge < -0.3 is 57.8 Å². The monoisotopic (exact) mass is 2090 g/mol. The number of alkyl halides is 24. The number of esters is 4. The van der Waals surface area contributed by atoms with E-state index in [1.165, 1.54) is 115 Å². The van der Waals surface area contributed by atoms with Crippen molar-refractivity contribution in [2.45, 2.75) is 265 Å². The van der Waals surface area contributed by atoms with Gasteiger partial charge in [-0.25, -0.2) is 57.5 Å². The van der Waals surface area contributed by atoms with Crippen LogP contribution in [0.3, 0.4) is 0 Å². The minimum absolute atomic E-state index is 0.0859. The summed E-state index contributed by atoms with van der Waals surface area (Å²) in [4.78, 5) is 48.8. The average Bonchev–Trinajstić information content (AvgIpc) is 1.16. The molecule has 4 N–H and O–H groups in total. The van der Waals surface area contributed by atoms with Gasteiger partial charge in [0.05, 0.1) is 17.4 Å². The predicted octanol–water partition coefficient (Wildman–Crippen LogP) is 30.6. The van der Waals surface area contributed by atoms with Crippen LogP contribution in [0.4, 0.5) is 105 Å². The van der Waals surface area contributed by atoms with Crippen LogP contribution < -0.4 is 0 Å². The molecule has 0 heterocycles. The van der Waals surface area contributed by atoms with Crippen LogP contribution in [0.2, 0.25) is 0 Å². The lowest BCUT2D eigenvalue weighted by Gasteiger charge is -2.59. The molecule has 15 aliphatic carbocycles. The second kappa shape index (κ2) is 45.6. The number of rotatable bonds is 28. The lowest BCUT2D eigenvalue weighted by molar-refractivity contribution is -0.274. The van der Waals surface area contributed by atoms with Crippen LogP contribution in [0.5, 0.6) is 0 Å². The zero-order valence-corrected chi connectivity index (χ0v) is 80.7. The first-order valence-corrected chi connectivity index (χ1v) is 49.4. The Hall–Kier alpha value is -9.02. The molecular weight excluding hydrogens is 1970 g/mol. The van der Waals surface area contributed by atoms with Crippen LogP contribution >= 0.6 is 0 Å². The SMILES string of the molecule is CC(F)(F)C[N-]CC12CC3CC(CC(C3)C1)C2.CCC(F)(F)C[N-]CC12CC3CC(CC(C3)C1)C2.CC[N-]CC12CC3CC(CC(C3)C1)C2.[NH-]CC(F)(F)C(OC(=O)C1CCc2ccccc21)C(F)(F)F.[NH-]CC(F)(F)C(OC(=O)C1Cc2ccccc2C1)C(F)(F)F.[NH-]CC(F)(F)C(OC(=O)C1c2ccccc2-c2ccccc21)C(F)(F)F.[NH-]CC(F)(F)C(OC(=O)c1c2ccccc2cc2ccccc12)C(F)(F)F. The summed E-state index contributed by atoms with van der Waals surface area (Å²) in [6.45, 7) is 0.432. The van der Waals surface area contributed by atoms with Gasteiger partial charge in [-0.3, -0.25) is 14.4 Å². The van der Waals surface area contributed by atoms with Crippen molar-refractivity contribution in [3.05, 3.63) is 229 Å². The van der Waals surface area contributed by atoms with Gasteiger partial charge in [0.15, 0.2) is 0 Å². The number of hydrogen-bond acceptors (Lipinski definition) is 8. The lowest BCUT2D eigenvalue weighted by Crippen LogP contribution is -2.50. The smallest absolute Gasteiger partial charge is 0.431 e. The fourth-order valence-electron chi connectivity index (χ4n) is 25.7. The molecule has 39 heteroatoms. The molecule has 0 aliphatic heterocycles. The van der Waals surface area contributed by atoms with Crippen molar-refractivity contribution in [3.63, 3.8) is 0 Å². The molecule has 15 nitrogen and oxygen atoms in total. The van der Waals surface area contributed by atoms with Crippen LogP contribution in [0.25, 0.3) is 71.6 Å². The van der Waals surface area contributed by atoms with Gasteiger partial charge in [-0.2, -0.15) is 59.2 Å². The number of benzene rings is 7. The highest BCUT2D eigenvalue weighted by atomic mass is 19.4. The first-order chi connectivity index (χ1) is 68.4. The van der Waals surface area contributed by atoms with E-state index in [4.69, 9.17) is 22.9 Å². The summed E-state index contributed by atoms with van der Waals surface area (Å²) in [5, 5.41) is 14.8. The van der Waals surface area contributed by atoms with E-state index in [-0.39, 0.29) is 55.1 Å². The van der Waals surface area contributed by atoms with Gasteiger partial charge in [0.25, 0.3) is 48.1 Å². The minimum atomic E-state index is -5.51. The van der Waals surface area contributed by atoms with Gasteiger partial charge in [0.1, 0.15) is 5.92 Å². The number of hydrogen-bond donors (Lipinski definition) is 0. The molecule has 0 amide bonds. The van der Waals surface area contributed by atoms with Crippen molar-refractivity contribution in [2.75, 3.05) is 65.4 Å². The fraction of sp³-hybridized carbons (Fsp3) is 0.607. The number of aryl methyl sites for hydroxylation is 1. The van der Waals surface area contributed by atoms with Gasteiger partial charge in [-0.05, 0) is 290 Å². The molecule has 15 aliphatic rings. The topological polar surface area (TPSA) is 243 Å². The fourth-order valence-corrected chi connectivity index (χ4v) is 25.7. The number of nitrogens with one attached hydrogen (secondary N) is 4. The van der Waals surface area contributed by atoms with Crippen LogP contribution in [-0.4, -0.2) is 174 Å². The molecule has 12 fully saturated rings. The van der Waals surface area contributed by atoms with Crippen LogP contribution in [0.1, 0.15) is 205 Å². The third-order valence-corrected chi connectivity index (χ3v) is 30.8. The summed E-state index contributed by atoms with van der Waals surface area (Å²) in [6.07, 6.45) is -10.2. The molecular formula is C107H120F24N7O8-7. The largest absolute Gasteiger partial charge is 0.672 e. The molecule has 12 bridgehead atoms. The van der Waals surface area contributed by atoms with Gasteiger partial charge in [-0.15, -0.1) is 19.6 Å². The Balaban J connectivity index is 0.000000144. The highest BCUT2D eigenvalue weighted by molar-refractivity contribution is 6.16. The molecule has 5 atom stereocenters. The molecule has 146 heavy (non-hydrogen) atoms. The maximum atomic E-state index is 13.6. The van der Waals surface area contributed by atoms with Crippen molar-refractivity contribution >= 4 is 45.4 Å². The molecule has 0 radical (unpaired) electrons. The van der Waals surface area contributed by atoms with E-state index in [1.54, 1.807) is 166 Å². The normalized spacial score (nSPS) is 26.0. The van der Waals surface area contributed by atoms with Crippen molar-refractivity contribution in [2.24, 2.45) is 75.4 Å². The van der Waals surface area contributed by atoms with Gasteiger partial charge in [0.2, 0.25) is 11.8 Å². The lowest BCUT2D eigenvalue weighted by atomic mass is 9.49. The van der Waals surface area contributed by atoms with Crippen LogP contribution in [0, 0.1) is 75.4 Å². The van der Waals surface area contributed by atoms with E-state index < -0.39 is 152 Å². The third-order valence-electron chi connectivity index (χ3n) is 30.8. The summed E-state index contributed by atoms with van der Waals surface area (Å²) < 4.78 is 330. The van der Waals surface area contributed by atoms with Crippen molar-refractivity contribution in [1.29, 1.82) is 0 Å². The second-order valence-electron chi connectivity index (χ2n) is 42.4. The second-order valence-corrected chi connectivity index (χ2v) is 42.4. The molecule has 7 aromatic carbocycles. The summed E-state index contributed by atoms with van der Waals surface area (Å²) in [5.41, 5.74) is 32.5. The van der Waals surface area contributed by atoms with E-state index in [0.29, 0.717) is 74.3 Å². The number of nitrogens with zero attached hydrogens (tertiary/aromatic N) is 3. The predicted molar refractivity (Wildman–Crippen MR) is 502 cm³/mol. The van der Waals surface area contributed by atoms with Crippen LogP contribution in [-0.2, 0) is 52.6 Å². The highest BCUT2D eigenvalue weighted by Crippen LogP contribution is 2.64. The zero-order chi connectivity index (χ0) is 107. The molecule has 12 saturated carbocycles. The first-order valence-electron chi connectivity index (χ1n) is 49.4. The Morgan fingerprint density at radius 2 is 0.664 bits per heavy atom. The molecule has 806 valence electrons. The van der Waals surface area contributed by atoms with Crippen molar-refractivity contribution in [3.8, 4) is 11.1 Å². The molecule has 5 unspecified atom stereocenters. The van der Waals surface area contributed by atoms with E-state index in [1.807, 2.05) is 0 Å². The Labute approximate surface area is 831 Å². The first kappa shape index (κ1) is 114. The van der Waals surface area contributed by atoms with Gasteiger partial charge in [-0.1, -0.05) is 199 Å².